The van der Waals surface area contributed by atoms with E-state index in [9.17, 15) is 20.4 Å². The van der Waals surface area contributed by atoms with Crippen LogP contribution in [0.25, 0.3) is 0 Å². The Labute approximate surface area is 122 Å². The summed E-state index contributed by atoms with van der Waals surface area (Å²) in [5, 5.41) is 47.9. The van der Waals surface area contributed by atoms with Crippen LogP contribution in [0.2, 0.25) is 0 Å². The third kappa shape index (κ3) is 3.78. The predicted octanol–water partition coefficient (Wildman–Crippen LogP) is -1.64. The molecule has 0 amide bonds. The summed E-state index contributed by atoms with van der Waals surface area (Å²) in [5.41, 5.74) is 0.841. The van der Waals surface area contributed by atoms with Gasteiger partial charge in [0, 0.05) is 0 Å². The van der Waals surface area contributed by atoms with Crippen molar-refractivity contribution < 1.29 is 35.0 Å². The van der Waals surface area contributed by atoms with Gasteiger partial charge in [-0.25, -0.2) is 0 Å². The number of aliphatic hydroxyl groups is 5. The van der Waals surface area contributed by atoms with Crippen molar-refractivity contribution in [2.75, 3.05) is 6.61 Å². The molecule has 118 valence electrons. The zero-order valence-corrected chi connectivity index (χ0v) is 11.3. The molecule has 2 rings (SSSR count). The second kappa shape index (κ2) is 7.28. The van der Waals surface area contributed by atoms with Crippen molar-refractivity contribution in [1.82, 2.24) is 0 Å². The van der Waals surface area contributed by atoms with Crippen molar-refractivity contribution in [2.24, 2.45) is 0 Å². The lowest BCUT2D eigenvalue weighted by Gasteiger charge is -2.41. The molecule has 5 N–H and O–H groups in total. The highest BCUT2D eigenvalue weighted by atomic mass is 16.7. The van der Waals surface area contributed by atoms with E-state index in [1.807, 2.05) is 30.3 Å². The summed E-state index contributed by atoms with van der Waals surface area (Å²) >= 11 is 0. The van der Waals surface area contributed by atoms with E-state index in [0.29, 0.717) is 0 Å². The molecular weight excluding hydrogens is 280 g/mol. The van der Waals surface area contributed by atoms with Crippen molar-refractivity contribution in [2.45, 2.75) is 43.4 Å². The predicted molar refractivity (Wildman–Crippen MR) is 71.0 cm³/mol. The molecule has 1 aromatic rings. The van der Waals surface area contributed by atoms with Gasteiger partial charge in [-0.3, -0.25) is 0 Å². The normalized spacial score (nSPS) is 34.6. The van der Waals surface area contributed by atoms with Gasteiger partial charge in [-0.05, 0) is 5.56 Å². The van der Waals surface area contributed by atoms with Crippen LogP contribution < -0.4 is 0 Å². The largest absolute Gasteiger partial charge is 0.394 e. The Hall–Kier alpha value is -1.06. The van der Waals surface area contributed by atoms with Gasteiger partial charge in [0.1, 0.15) is 30.5 Å². The summed E-state index contributed by atoms with van der Waals surface area (Å²) in [7, 11) is 0. The molecule has 1 fully saturated rings. The van der Waals surface area contributed by atoms with Gasteiger partial charge in [0.25, 0.3) is 0 Å². The molecule has 0 aromatic heterocycles. The second-order valence-electron chi connectivity index (χ2n) is 4.99. The smallest absolute Gasteiger partial charge is 0.187 e. The van der Waals surface area contributed by atoms with E-state index in [-0.39, 0.29) is 6.61 Å². The fourth-order valence-corrected chi connectivity index (χ4v) is 2.19. The molecule has 0 spiro atoms. The molecule has 1 aromatic carbocycles. The van der Waals surface area contributed by atoms with E-state index >= 15 is 0 Å². The summed E-state index contributed by atoms with van der Waals surface area (Å²) in [6.45, 7) is -0.511. The Morgan fingerprint density at radius 1 is 1.05 bits per heavy atom. The summed E-state index contributed by atoms with van der Waals surface area (Å²) in [5.74, 6) is 0. The number of aliphatic hydroxyl groups excluding tert-OH is 5. The molecule has 0 radical (unpaired) electrons. The van der Waals surface area contributed by atoms with Crippen LogP contribution in [-0.2, 0) is 16.1 Å². The molecule has 0 saturated carbocycles. The van der Waals surface area contributed by atoms with E-state index in [0.717, 1.165) is 5.56 Å². The first-order valence-corrected chi connectivity index (χ1v) is 6.68. The lowest BCUT2D eigenvalue weighted by atomic mass is 9.95. The van der Waals surface area contributed by atoms with E-state index in [1.165, 1.54) is 0 Å². The molecule has 1 aliphatic heterocycles. The minimum absolute atomic E-state index is 0.132. The molecule has 0 aliphatic carbocycles. The summed E-state index contributed by atoms with van der Waals surface area (Å²) < 4.78 is 10.7. The first-order valence-electron chi connectivity index (χ1n) is 6.68. The lowest BCUT2D eigenvalue weighted by Crippen LogP contribution is -2.61. The van der Waals surface area contributed by atoms with Gasteiger partial charge in [-0.1, -0.05) is 30.3 Å². The fourth-order valence-electron chi connectivity index (χ4n) is 2.19. The first-order chi connectivity index (χ1) is 10.0. The summed E-state index contributed by atoms with van der Waals surface area (Å²) in [6, 6.07) is 9.14. The highest BCUT2D eigenvalue weighted by Crippen LogP contribution is 2.24. The van der Waals surface area contributed by atoms with Crippen molar-refractivity contribution in [3.05, 3.63) is 35.9 Å². The van der Waals surface area contributed by atoms with Gasteiger partial charge in [0.2, 0.25) is 0 Å². The minimum atomic E-state index is -1.54. The van der Waals surface area contributed by atoms with Crippen LogP contribution in [0.5, 0.6) is 0 Å². The number of benzene rings is 1. The van der Waals surface area contributed by atoms with E-state index < -0.39 is 43.4 Å². The fraction of sp³-hybridized carbons (Fsp3) is 0.571. The Morgan fingerprint density at radius 2 is 1.71 bits per heavy atom. The average Bonchev–Trinajstić information content (AvgIpc) is 2.52. The van der Waals surface area contributed by atoms with Crippen molar-refractivity contribution in [1.29, 1.82) is 0 Å². The monoisotopic (exact) mass is 300 g/mol. The molecule has 0 unspecified atom stereocenters. The SMILES string of the molecule is OC[C@@H](O)[C@@H]1O[C@@H](OCc2ccccc2)[C@@H](O)[C@H](O)[C@@H]1O. The highest BCUT2D eigenvalue weighted by Gasteiger charge is 2.46. The number of rotatable bonds is 5. The zero-order chi connectivity index (χ0) is 15.4. The molecule has 21 heavy (non-hydrogen) atoms. The quantitative estimate of drug-likeness (QED) is 0.442. The average molecular weight is 300 g/mol. The van der Waals surface area contributed by atoms with Gasteiger partial charge >= 0.3 is 0 Å². The first kappa shape index (κ1) is 16.3. The molecule has 1 heterocycles. The maximum atomic E-state index is 9.85. The standard InChI is InChI=1S/C14H20O7/c15-6-9(16)13-11(18)10(17)12(19)14(21-13)20-7-8-4-2-1-3-5-8/h1-5,9-19H,6-7H2/t9-,10-,11+,12+,13+,14-/m1/s1. The Morgan fingerprint density at radius 3 is 2.33 bits per heavy atom. The third-order valence-electron chi connectivity index (χ3n) is 3.43. The van der Waals surface area contributed by atoms with E-state index in [2.05, 4.69) is 0 Å². The number of hydrogen-bond donors (Lipinski definition) is 5. The maximum absolute atomic E-state index is 9.85. The molecule has 7 heteroatoms. The van der Waals surface area contributed by atoms with Crippen LogP contribution >= 0.6 is 0 Å². The van der Waals surface area contributed by atoms with Crippen molar-refractivity contribution in [3.8, 4) is 0 Å². The topological polar surface area (TPSA) is 120 Å². The molecular formula is C14H20O7. The van der Waals surface area contributed by atoms with Gasteiger partial charge in [0.15, 0.2) is 6.29 Å². The van der Waals surface area contributed by atoms with E-state index in [1.54, 1.807) is 0 Å². The van der Waals surface area contributed by atoms with Gasteiger partial charge in [0.05, 0.1) is 13.2 Å². The Balaban J connectivity index is 2.00. The minimum Gasteiger partial charge on any atom is -0.394 e. The van der Waals surface area contributed by atoms with Gasteiger partial charge < -0.3 is 35.0 Å². The molecule has 0 bridgehead atoms. The van der Waals surface area contributed by atoms with Crippen molar-refractivity contribution >= 4 is 0 Å². The number of hydrogen-bond acceptors (Lipinski definition) is 7. The molecule has 7 nitrogen and oxygen atoms in total. The summed E-state index contributed by atoms with van der Waals surface area (Å²) in [4.78, 5) is 0. The van der Waals surface area contributed by atoms with Crippen molar-refractivity contribution in [3.63, 3.8) is 0 Å². The summed E-state index contributed by atoms with van der Waals surface area (Å²) in [6.07, 6.45) is -8.34. The molecule has 1 saturated heterocycles. The maximum Gasteiger partial charge on any atom is 0.187 e. The van der Waals surface area contributed by atoms with Crippen LogP contribution in [0.3, 0.4) is 0 Å². The number of ether oxygens (including phenoxy) is 2. The van der Waals surface area contributed by atoms with Crippen LogP contribution in [0.1, 0.15) is 5.56 Å². The highest BCUT2D eigenvalue weighted by molar-refractivity contribution is 5.13. The van der Waals surface area contributed by atoms with E-state index in [4.69, 9.17) is 14.6 Å². The third-order valence-corrected chi connectivity index (χ3v) is 3.43. The molecule has 6 atom stereocenters. The van der Waals surface area contributed by atoms with Crippen LogP contribution in [0.15, 0.2) is 30.3 Å². The Kier molecular flexibility index (Phi) is 5.65. The Bertz CT molecular complexity index is 427. The zero-order valence-electron chi connectivity index (χ0n) is 11.3. The molecule has 1 aliphatic rings. The lowest BCUT2D eigenvalue weighted by molar-refractivity contribution is -0.314. The van der Waals surface area contributed by atoms with Crippen LogP contribution in [0, 0.1) is 0 Å². The van der Waals surface area contributed by atoms with Gasteiger partial charge in [-0.2, -0.15) is 0 Å². The second-order valence-corrected chi connectivity index (χ2v) is 4.99. The van der Waals surface area contributed by atoms with Gasteiger partial charge in [-0.15, -0.1) is 0 Å². The van der Waals surface area contributed by atoms with Crippen LogP contribution in [-0.4, -0.2) is 68.9 Å². The van der Waals surface area contributed by atoms with Crippen LogP contribution in [0.4, 0.5) is 0 Å².